The summed E-state index contributed by atoms with van der Waals surface area (Å²) in [6.07, 6.45) is 1.57. The molecular formula is C9H8N6O. The van der Waals surface area contributed by atoms with Gasteiger partial charge in [-0.05, 0) is 12.1 Å². The molecule has 0 spiro atoms. The number of H-pyrrole nitrogens is 1. The van der Waals surface area contributed by atoms with Crippen LogP contribution in [-0.4, -0.2) is 20.2 Å². The van der Waals surface area contributed by atoms with Crippen LogP contribution in [0.2, 0.25) is 0 Å². The molecule has 7 heteroatoms. The van der Waals surface area contributed by atoms with Crippen LogP contribution in [0.25, 0.3) is 22.5 Å². The zero-order chi connectivity index (χ0) is 11.1. The summed E-state index contributed by atoms with van der Waals surface area (Å²) in [6, 6.07) is 3.57. The van der Waals surface area contributed by atoms with Crippen LogP contribution in [-0.2, 0) is 0 Å². The maximum Gasteiger partial charge on any atom is 0.224 e. The van der Waals surface area contributed by atoms with Crippen LogP contribution in [0.5, 0.6) is 0 Å². The van der Waals surface area contributed by atoms with Gasteiger partial charge in [-0.3, -0.25) is 5.10 Å². The number of furan rings is 1. The average molecular weight is 216 g/mol. The van der Waals surface area contributed by atoms with E-state index in [1.807, 2.05) is 0 Å². The topological polar surface area (TPSA) is 120 Å². The molecule has 7 nitrogen and oxygen atoms in total. The Bertz CT molecular complexity index is 641. The quantitative estimate of drug-likeness (QED) is 0.552. The van der Waals surface area contributed by atoms with Crippen molar-refractivity contribution in [1.29, 1.82) is 0 Å². The number of hydrogen-bond donors (Lipinski definition) is 3. The van der Waals surface area contributed by atoms with E-state index in [1.165, 1.54) is 0 Å². The van der Waals surface area contributed by atoms with Crippen LogP contribution < -0.4 is 11.5 Å². The van der Waals surface area contributed by atoms with Crippen molar-refractivity contribution in [2.45, 2.75) is 0 Å². The Kier molecular flexibility index (Phi) is 1.61. The molecule has 0 bridgehead atoms. The number of nitrogens with two attached hydrogens (primary N) is 2. The fraction of sp³-hybridized carbons (Fsp3) is 0. The zero-order valence-corrected chi connectivity index (χ0v) is 8.14. The second-order valence-corrected chi connectivity index (χ2v) is 3.24. The molecule has 0 saturated carbocycles. The average Bonchev–Trinajstić information content (AvgIpc) is 2.82. The molecule has 0 fully saturated rings. The fourth-order valence-corrected chi connectivity index (χ4v) is 1.57. The Labute approximate surface area is 89.5 Å². The fourth-order valence-electron chi connectivity index (χ4n) is 1.57. The predicted octanol–water partition coefficient (Wildman–Crippen LogP) is 0.777. The number of aromatic amines is 1. The highest BCUT2D eigenvalue weighted by atomic mass is 16.3. The number of nitrogens with one attached hydrogen (secondary N) is 1. The summed E-state index contributed by atoms with van der Waals surface area (Å²) in [5, 5.41) is 7.42. The Morgan fingerprint density at radius 1 is 1.25 bits per heavy atom. The number of aromatic nitrogens is 4. The van der Waals surface area contributed by atoms with Crippen molar-refractivity contribution in [1.82, 2.24) is 20.2 Å². The summed E-state index contributed by atoms with van der Waals surface area (Å²) in [6.45, 7) is 0. The number of nitrogen functional groups attached to an aromatic ring is 2. The van der Waals surface area contributed by atoms with Crippen LogP contribution in [0.4, 0.5) is 11.8 Å². The molecule has 3 aromatic heterocycles. The lowest BCUT2D eigenvalue weighted by Crippen LogP contribution is -1.99. The lowest BCUT2D eigenvalue weighted by molar-refractivity contribution is 0.580. The lowest BCUT2D eigenvalue weighted by atomic mass is 10.2. The molecule has 3 aromatic rings. The van der Waals surface area contributed by atoms with Gasteiger partial charge >= 0.3 is 0 Å². The molecule has 0 atom stereocenters. The summed E-state index contributed by atoms with van der Waals surface area (Å²) in [5.74, 6) is 1.01. The molecule has 0 saturated heterocycles. The molecule has 16 heavy (non-hydrogen) atoms. The van der Waals surface area contributed by atoms with Gasteiger partial charge in [-0.1, -0.05) is 0 Å². The number of nitrogens with zero attached hydrogens (tertiary/aromatic N) is 3. The van der Waals surface area contributed by atoms with Gasteiger partial charge in [0.05, 0.1) is 11.6 Å². The van der Waals surface area contributed by atoms with E-state index in [4.69, 9.17) is 15.9 Å². The van der Waals surface area contributed by atoms with Crippen LogP contribution in [0.1, 0.15) is 0 Å². The standard InChI is InChI=1S/C9H8N6O/c10-7-5-6(4-2-1-3-16-4)14-15-8(5)13-9(11)12-7/h1-3H,(H5,10,11,12,13,14,15). The number of fused-ring (bicyclic) bond motifs is 1. The van der Waals surface area contributed by atoms with Crippen molar-refractivity contribution in [2.75, 3.05) is 11.5 Å². The molecule has 3 rings (SSSR count). The van der Waals surface area contributed by atoms with Crippen LogP contribution >= 0.6 is 0 Å². The Hall–Kier alpha value is -2.57. The highest BCUT2D eigenvalue weighted by Gasteiger charge is 2.15. The van der Waals surface area contributed by atoms with E-state index in [1.54, 1.807) is 18.4 Å². The van der Waals surface area contributed by atoms with E-state index in [0.29, 0.717) is 22.5 Å². The highest BCUT2D eigenvalue weighted by Crippen LogP contribution is 2.29. The van der Waals surface area contributed by atoms with E-state index in [-0.39, 0.29) is 11.8 Å². The molecule has 3 heterocycles. The van der Waals surface area contributed by atoms with E-state index >= 15 is 0 Å². The van der Waals surface area contributed by atoms with E-state index in [2.05, 4.69) is 20.2 Å². The number of rotatable bonds is 1. The van der Waals surface area contributed by atoms with Gasteiger partial charge in [-0.25, -0.2) is 0 Å². The first kappa shape index (κ1) is 8.72. The summed E-state index contributed by atoms with van der Waals surface area (Å²) in [7, 11) is 0. The minimum Gasteiger partial charge on any atom is -0.463 e. The Balaban J connectivity index is 2.36. The molecule has 0 aliphatic heterocycles. The lowest BCUT2D eigenvalue weighted by Gasteiger charge is -1.97. The summed E-state index contributed by atoms with van der Waals surface area (Å²) in [4.78, 5) is 7.86. The maximum atomic E-state index is 5.78. The Morgan fingerprint density at radius 2 is 2.12 bits per heavy atom. The smallest absolute Gasteiger partial charge is 0.224 e. The predicted molar refractivity (Wildman–Crippen MR) is 58.2 cm³/mol. The van der Waals surface area contributed by atoms with Crippen LogP contribution in [0.3, 0.4) is 0 Å². The van der Waals surface area contributed by atoms with Gasteiger partial charge in [0.15, 0.2) is 11.4 Å². The third-order valence-corrected chi connectivity index (χ3v) is 2.23. The third-order valence-electron chi connectivity index (χ3n) is 2.23. The van der Waals surface area contributed by atoms with Gasteiger partial charge in [-0.15, -0.1) is 0 Å². The van der Waals surface area contributed by atoms with Crippen molar-refractivity contribution >= 4 is 22.8 Å². The molecular weight excluding hydrogens is 208 g/mol. The van der Waals surface area contributed by atoms with Gasteiger partial charge in [0.2, 0.25) is 5.95 Å². The number of anilines is 2. The third kappa shape index (κ3) is 1.11. The van der Waals surface area contributed by atoms with E-state index in [9.17, 15) is 0 Å². The number of hydrogen-bond acceptors (Lipinski definition) is 6. The van der Waals surface area contributed by atoms with Gasteiger partial charge in [0.1, 0.15) is 11.5 Å². The maximum absolute atomic E-state index is 5.78. The highest BCUT2D eigenvalue weighted by molar-refractivity contribution is 5.97. The van der Waals surface area contributed by atoms with Gasteiger partial charge < -0.3 is 15.9 Å². The van der Waals surface area contributed by atoms with Crippen LogP contribution in [0, 0.1) is 0 Å². The van der Waals surface area contributed by atoms with Crippen molar-refractivity contribution in [3.05, 3.63) is 18.4 Å². The second-order valence-electron chi connectivity index (χ2n) is 3.24. The molecule has 0 aliphatic rings. The Morgan fingerprint density at radius 3 is 2.88 bits per heavy atom. The van der Waals surface area contributed by atoms with Crippen molar-refractivity contribution in [3.63, 3.8) is 0 Å². The molecule has 80 valence electrons. The van der Waals surface area contributed by atoms with Gasteiger partial charge in [0.25, 0.3) is 0 Å². The molecule has 0 aromatic carbocycles. The minimum atomic E-state index is 0.0995. The van der Waals surface area contributed by atoms with Crippen molar-refractivity contribution in [3.8, 4) is 11.5 Å². The first-order chi connectivity index (χ1) is 7.75. The summed E-state index contributed by atoms with van der Waals surface area (Å²) >= 11 is 0. The molecule has 0 amide bonds. The van der Waals surface area contributed by atoms with Gasteiger partial charge in [0, 0.05) is 0 Å². The van der Waals surface area contributed by atoms with E-state index in [0.717, 1.165) is 0 Å². The molecule has 0 unspecified atom stereocenters. The molecule has 0 radical (unpaired) electrons. The summed E-state index contributed by atoms with van der Waals surface area (Å²) in [5.41, 5.74) is 12.3. The van der Waals surface area contributed by atoms with Crippen molar-refractivity contribution < 1.29 is 4.42 Å². The first-order valence-corrected chi connectivity index (χ1v) is 4.56. The largest absolute Gasteiger partial charge is 0.463 e. The first-order valence-electron chi connectivity index (χ1n) is 4.56. The normalized spacial score (nSPS) is 11.0. The van der Waals surface area contributed by atoms with Crippen molar-refractivity contribution in [2.24, 2.45) is 0 Å². The second kappa shape index (κ2) is 2.96. The van der Waals surface area contributed by atoms with E-state index < -0.39 is 0 Å². The zero-order valence-electron chi connectivity index (χ0n) is 8.14. The minimum absolute atomic E-state index is 0.0995. The monoisotopic (exact) mass is 216 g/mol. The molecule has 5 N–H and O–H groups in total. The van der Waals surface area contributed by atoms with Crippen LogP contribution in [0.15, 0.2) is 22.8 Å². The summed E-state index contributed by atoms with van der Waals surface area (Å²) < 4.78 is 5.26. The SMILES string of the molecule is Nc1nc(N)c2c(-c3ccco3)[nH]nc2n1. The van der Waals surface area contributed by atoms with Gasteiger partial charge in [-0.2, -0.15) is 15.1 Å². The molecule has 0 aliphatic carbocycles.